The number of ether oxygens (including phenoxy) is 2. The van der Waals surface area contributed by atoms with E-state index in [0.717, 1.165) is 0 Å². The summed E-state index contributed by atoms with van der Waals surface area (Å²) in [5, 5.41) is 0. The van der Waals surface area contributed by atoms with E-state index in [2.05, 4.69) is 9.47 Å². The topological polar surface area (TPSA) is 69.7 Å². The van der Waals surface area contributed by atoms with Crippen molar-refractivity contribution >= 4 is 18.2 Å². The zero-order chi connectivity index (χ0) is 10.4. The molecule has 0 aromatic rings. The largest absolute Gasteiger partial charge is 0.516 e. The fourth-order valence-electron chi connectivity index (χ4n) is 0.387. The summed E-state index contributed by atoms with van der Waals surface area (Å²) in [5.74, 6) is -1.87. The number of carbonyl (C=O) groups is 3. The number of hydrogen-bond acceptors (Lipinski definition) is 5. The van der Waals surface area contributed by atoms with Gasteiger partial charge >= 0.3 is 18.2 Å². The summed E-state index contributed by atoms with van der Waals surface area (Å²) >= 11 is 0. The van der Waals surface area contributed by atoms with Gasteiger partial charge in [0.25, 0.3) is 0 Å². The Labute approximate surface area is 73.8 Å². The van der Waals surface area contributed by atoms with Crippen molar-refractivity contribution in [1.82, 2.24) is 0 Å². The predicted molar refractivity (Wildman–Crippen MR) is 38.4 cm³/mol. The summed E-state index contributed by atoms with van der Waals surface area (Å²) in [7, 11) is 0. The molecule has 0 aromatic carbocycles. The molecule has 0 rings (SSSR count). The lowest BCUT2D eigenvalue weighted by molar-refractivity contribution is -0.157. The van der Waals surface area contributed by atoms with Gasteiger partial charge in [-0.15, -0.1) is 0 Å². The van der Waals surface area contributed by atoms with E-state index in [1.807, 2.05) is 0 Å². The average Bonchev–Trinajstić information content (AvgIpc) is 2.03. The number of carbonyl (C=O) groups excluding carboxylic acids is 3. The van der Waals surface area contributed by atoms with Crippen molar-refractivity contribution in [3.63, 3.8) is 0 Å². The maximum absolute atomic E-state index is 11.6. The van der Waals surface area contributed by atoms with E-state index >= 15 is 0 Å². The van der Waals surface area contributed by atoms with Gasteiger partial charge in [0.05, 0.1) is 0 Å². The highest BCUT2D eigenvalue weighted by Crippen LogP contribution is 1.98. The van der Waals surface area contributed by atoms with Crippen LogP contribution in [0.2, 0.25) is 0 Å². The van der Waals surface area contributed by atoms with Crippen molar-refractivity contribution < 1.29 is 28.2 Å². The molecule has 0 N–H and O–H groups in total. The van der Waals surface area contributed by atoms with Gasteiger partial charge < -0.3 is 9.47 Å². The van der Waals surface area contributed by atoms with Gasteiger partial charge in [-0.3, -0.25) is 0 Å². The van der Waals surface area contributed by atoms with Crippen LogP contribution in [0.1, 0.15) is 20.3 Å². The zero-order valence-electron chi connectivity index (χ0n) is 7.20. The van der Waals surface area contributed by atoms with Gasteiger partial charge in [-0.2, -0.15) is 4.39 Å². The molecule has 0 heterocycles. The zero-order valence-corrected chi connectivity index (χ0v) is 7.20. The van der Waals surface area contributed by atoms with Crippen molar-refractivity contribution in [1.29, 1.82) is 0 Å². The molecule has 13 heavy (non-hydrogen) atoms. The van der Waals surface area contributed by atoms with Gasteiger partial charge in [-0.1, -0.05) is 6.92 Å². The van der Waals surface area contributed by atoms with E-state index in [0.29, 0.717) is 6.42 Å². The van der Waals surface area contributed by atoms with Crippen LogP contribution in [-0.2, 0) is 19.1 Å². The molecule has 0 aromatic heterocycles. The Morgan fingerprint density at radius 3 is 2.31 bits per heavy atom. The SMILES string of the molecule is CCC(C)OC(=O)OC(=O)C(=O)F. The third kappa shape index (κ3) is 4.89. The van der Waals surface area contributed by atoms with Gasteiger partial charge in [0.15, 0.2) is 0 Å². The Kier molecular flexibility index (Phi) is 4.64. The molecule has 5 nitrogen and oxygen atoms in total. The van der Waals surface area contributed by atoms with Crippen molar-refractivity contribution in [2.75, 3.05) is 0 Å². The third-order valence-corrected chi connectivity index (χ3v) is 1.21. The van der Waals surface area contributed by atoms with Crippen molar-refractivity contribution in [2.45, 2.75) is 26.4 Å². The molecule has 74 valence electrons. The molecule has 0 saturated heterocycles. The minimum Gasteiger partial charge on any atom is -0.431 e. The average molecular weight is 192 g/mol. The normalized spacial score (nSPS) is 11.6. The molecule has 0 aliphatic heterocycles. The van der Waals surface area contributed by atoms with Gasteiger partial charge in [0.2, 0.25) is 0 Å². The smallest absolute Gasteiger partial charge is 0.431 e. The fourth-order valence-corrected chi connectivity index (χ4v) is 0.387. The number of rotatable bonds is 3. The molecule has 0 bridgehead atoms. The van der Waals surface area contributed by atoms with Crippen LogP contribution in [0.25, 0.3) is 0 Å². The Bertz CT molecular complexity index is 225. The van der Waals surface area contributed by atoms with Crippen LogP contribution in [0.4, 0.5) is 9.18 Å². The molecule has 1 atom stereocenters. The van der Waals surface area contributed by atoms with E-state index in [4.69, 9.17) is 0 Å². The summed E-state index contributed by atoms with van der Waals surface area (Å²) < 4.78 is 19.6. The highest BCUT2D eigenvalue weighted by Gasteiger charge is 2.20. The lowest BCUT2D eigenvalue weighted by atomic mass is 10.3. The lowest BCUT2D eigenvalue weighted by Gasteiger charge is -2.08. The second-order valence-electron chi connectivity index (χ2n) is 2.25. The minimum absolute atomic E-state index is 0.449. The summed E-state index contributed by atoms with van der Waals surface area (Å²) in [5.41, 5.74) is 0. The second kappa shape index (κ2) is 5.23. The van der Waals surface area contributed by atoms with Crippen LogP contribution in [-0.4, -0.2) is 24.3 Å². The molecular weight excluding hydrogens is 183 g/mol. The maximum Gasteiger partial charge on any atom is 0.516 e. The first-order chi connectivity index (χ1) is 5.97. The van der Waals surface area contributed by atoms with E-state index in [9.17, 15) is 18.8 Å². The van der Waals surface area contributed by atoms with E-state index < -0.39 is 24.3 Å². The van der Waals surface area contributed by atoms with Crippen LogP contribution in [0, 0.1) is 0 Å². The molecule has 0 saturated carbocycles. The summed E-state index contributed by atoms with van der Waals surface area (Å²) in [4.78, 5) is 30.4. The van der Waals surface area contributed by atoms with Crippen molar-refractivity contribution in [3.05, 3.63) is 0 Å². The molecule has 0 spiro atoms. The first kappa shape index (κ1) is 11.5. The van der Waals surface area contributed by atoms with Gasteiger partial charge in [0, 0.05) is 0 Å². The number of hydrogen-bond donors (Lipinski definition) is 0. The quantitative estimate of drug-likeness (QED) is 0.288. The molecule has 0 amide bonds. The Morgan fingerprint density at radius 1 is 1.38 bits per heavy atom. The fraction of sp³-hybridized carbons (Fsp3) is 0.571. The highest BCUT2D eigenvalue weighted by atomic mass is 19.1. The second-order valence-corrected chi connectivity index (χ2v) is 2.25. The number of halogens is 1. The molecular formula is C7H9FO5. The van der Waals surface area contributed by atoms with Gasteiger partial charge in [-0.25, -0.2) is 14.4 Å². The lowest BCUT2D eigenvalue weighted by Crippen LogP contribution is -2.21. The Balaban J connectivity index is 3.88. The maximum atomic E-state index is 11.6. The standard InChI is InChI=1S/C7H9FO5/c1-3-4(2)12-7(11)13-6(10)5(8)9/h4H,3H2,1-2H3. The van der Waals surface area contributed by atoms with Gasteiger partial charge in [0.1, 0.15) is 6.10 Å². The van der Waals surface area contributed by atoms with Crippen LogP contribution in [0.3, 0.4) is 0 Å². The first-order valence-corrected chi connectivity index (χ1v) is 3.59. The molecule has 0 fully saturated rings. The monoisotopic (exact) mass is 192 g/mol. The van der Waals surface area contributed by atoms with E-state index in [-0.39, 0.29) is 0 Å². The van der Waals surface area contributed by atoms with Crippen LogP contribution in [0.5, 0.6) is 0 Å². The van der Waals surface area contributed by atoms with Crippen LogP contribution < -0.4 is 0 Å². The molecule has 1 unspecified atom stereocenters. The molecule has 0 aliphatic rings. The third-order valence-electron chi connectivity index (χ3n) is 1.21. The number of esters is 1. The Hall–Kier alpha value is -1.46. The minimum atomic E-state index is -2.33. The van der Waals surface area contributed by atoms with Gasteiger partial charge in [-0.05, 0) is 13.3 Å². The first-order valence-electron chi connectivity index (χ1n) is 3.59. The molecule has 0 radical (unpaired) electrons. The van der Waals surface area contributed by atoms with Crippen molar-refractivity contribution in [2.24, 2.45) is 0 Å². The van der Waals surface area contributed by atoms with Crippen LogP contribution >= 0.6 is 0 Å². The van der Waals surface area contributed by atoms with Crippen molar-refractivity contribution in [3.8, 4) is 0 Å². The molecule has 0 aliphatic carbocycles. The van der Waals surface area contributed by atoms with Crippen LogP contribution in [0.15, 0.2) is 0 Å². The Morgan fingerprint density at radius 2 is 1.92 bits per heavy atom. The van der Waals surface area contributed by atoms with E-state index in [1.54, 1.807) is 13.8 Å². The molecule has 6 heteroatoms. The summed E-state index contributed by atoms with van der Waals surface area (Å²) in [6.07, 6.45) is -1.30. The summed E-state index contributed by atoms with van der Waals surface area (Å²) in [6.45, 7) is 3.29. The highest BCUT2D eigenvalue weighted by molar-refractivity contribution is 6.30. The summed E-state index contributed by atoms with van der Waals surface area (Å²) in [6, 6.07) is -2.33. The van der Waals surface area contributed by atoms with E-state index in [1.165, 1.54) is 0 Å². The predicted octanol–water partition coefficient (Wildman–Crippen LogP) is 0.961.